The van der Waals surface area contributed by atoms with Crippen LogP contribution >= 0.6 is 23.7 Å². The van der Waals surface area contributed by atoms with Crippen LogP contribution in [0.3, 0.4) is 0 Å². The van der Waals surface area contributed by atoms with Gasteiger partial charge in [-0.15, -0.1) is 0 Å². The van der Waals surface area contributed by atoms with Crippen molar-refractivity contribution in [3.63, 3.8) is 0 Å². The molecule has 0 aromatic carbocycles. The minimum absolute atomic E-state index is 0.0289. The van der Waals surface area contributed by atoms with Gasteiger partial charge in [0.1, 0.15) is 6.23 Å². The highest BCUT2D eigenvalue weighted by Crippen LogP contribution is 2.47. The molecule has 2 fully saturated rings. The van der Waals surface area contributed by atoms with Crippen LogP contribution in [0.1, 0.15) is 66.5 Å². The van der Waals surface area contributed by atoms with Gasteiger partial charge < -0.3 is 28.4 Å². The molecule has 0 spiro atoms. The van der Waals surface area contributed by atoms with E-state index in [9.17, 15) is 28.3 Å². The zero-order valence-electron chi connectivity index (χ0n) is 25.0. The van der Waals surface area contributed by atoms with E-state index in [0.29, 0.717) is 19.4 Å². The molecule has 1 aromatic rings. The third kappa shape index (κ3) is 8.90. The van der Waals surface area contributed by atoms with E-state index in [1.165, 1.54) is 7.05 Å². The number of aromatic amines is 1. The molecule has 3 N–H and O–H groups in total. The van der Waals surface area contributed by atoms with Crippen molar-refractivity contribution in [2.24, 2.45) is 0 Å². The molecule has 2 saturated heterocycles. The minimum Gasteiger partial charge on any atom is -0.411 e. The molecule has 12 nitrogen and oxygen atoms in total. The normalized spacial score (nSPS) is 27.0. The van der Waals surface area contributed by atoms with E-state index in [0.717, 1.165) is 15.4 Å². The highest BCUT2D eigenvalue weighted by molar-refractivity contribution is 9.10. The van der Waals surface area contributed by atoms with Crippen molar-refractivity contribution in [3.8, 4) is 0 Å². The summed E-state index contributed by atoms with van der Waals surface area (Å²) in [4.78, 5) is 45.9. The molecule has 2 aliphatic heterocycles. The largest absolute Gasteiger partial charge is 0.411 e. The average molecular weight is 689 g/mol. The summed E-state index contributed by atoms with van der Waals surface area (Å²) in [6.45, 7) is 14.5. The first kappa shape index (κ1) is 34.7. The fourth-order valence-electron chi connectivity index (χ4n) is 4.84. The molecule has 2 aliphatic rings. The van der Waals surface area contributed by atoms with Gasteiger partial charge in [-0.3, -0.25) is 14.3 Å². The van der Waals surface area contributed by atoms with Crippen LogP contribution in [-0.2, 0) is 23.2 Å². The summed E-state index contributed by atoms with van der Waals surface area (Å²) in [5.41, 5.74) is -1.92. The molecule has 3 rings (SSSR count). The molecular formula is C25H44BrFN3O9PSi. The quantitative estimate of drug-likeness (QED) is 0.178. The van der Waals surface area contributed by atoms with Crippen molar-refractivity contribution < 1.29 is 37.4 Å². The number of halogens is 2. The van der Waals surface area contributed by atoms with Gasteiger partial charge in [-0.25, -0.2) is 14.0 Å². The van der Waals surface area contributed by atoms with Crippen LogP contribution < -0.4 is 11.2 Å². The predicted octanol–water partition coefficient (Wildman–Crippen LogP) is 3.83. The van der Waals surface area contributed by atoms with Crippen molar-refractivity contribution >= 4 is 32.0 Å². The molecule has 0 amide bonds. The molecule has 0 aliphatic carbocycles. The maximum absolute atomic E-state index is 14.2. The summed E-state index contributed by atoms with van der Waals surface area (Å²) < 4.78 is 52.1. The van der Waals surface area contributed by atoms with Crippen molar-refractivity contribution in [3.05, 3.63) is 32.9 Å². The number of ether oxygens (including phenoxy) is 3. The Labute approximate surface area is 249 Å². The number of nitrogens with one attached hydrogen (secondary N) is 1. The Bertz CT molecular complexity index is 1250. The van der Waals surface area contributed by atoms with Crippen LogP contribution in [0.4, 0.5) is 4.39 Å². The smallest absolute Gasteiger partial charge is 0.402 e. The molecule has 16 heteroatoms. The number of rotatable bonds is 11. The molecule has 3 heterocycles. The Morgan fingerprint density at radius 2 is 1.95 bits per heavy atom. The Morgan fingerprint density at radius 1 is 1.32 bits per heavy atom. The van der Waals surface area contributed by atoms with Crippen LogP contribution in [-0.4, -0.2) is 80.9 Å². The zero-order valence-corrected chi connectivity index (χ0v) is 28.5. The van der Waals surface area contributed by atoms with Crippen LogP contribution in [0.5, 0.6) is 0 Å². The Morgan fingerprint density at radius 3 is 2.49 bits per heavy atom. The van der Waals surface area contributed by atoms with Gasteiger partial charge in [0.2, 0.25) is 5.82 Å². The second-order valence-electron chi connectivity index (χ2n) is 13.1. The highest BCUT2D eigenvalue weighted by Gasteiger charge is 2.48. The molecule has 236 valence electrons. The number of hydrogen-bond acceptors (Lipinski definition) is 7. The van der Waals surface area contributed by atoms with Gasteiger partial charge in [-0.1, -0.05) is 36.7 Å². The monoisotopic (exact) mass is 687 g/mol. The second-order valence-corrected chi connectivity index (χ2v) is 21.2. The number of hydrogen-bond donors (Lipinski definition) is 3. The predicted molar refractivity (Wildman–Crippen MR) is 157 cm³/mol. The summed E-state index contributed by atoms with van der Waals surface area (Å²) >= 11 is 3.80. The molecule has 0 radical (unpaired) electrons. The molecular weight excluding hydrogens is 644 g/mol. The number of alkyl halides is 1. The number of nitrogens with zero attached hydrogens (tertiary/aromatic N) is 2. The number of H-pyrrole nitrogens is 1. The van der Waals surface area contributed by atoms with Crippen molar-refractivity contribution in [1.29, 1.82) is 0 Å². The summed E-state index contributed by atoms with van der Waals surface area (Å²) in [6, 6.07) is 0. The summed E-state index contributed by atoms with van der Waals surface area (Å²) in [7, 11) is -5.56. The lowest BCUT2D eigenvalue weighted by atomic mass is 9.92. The van der Waals surface area contributed by atoms with E-state index in [-0.39, 0.29) is 30.5 Å². The molecule has 0 bridgehead atoms. The van der Waals surface area contributed by atoms with Crippen LogP contribution in [0.15, 0.2) is 15.8 Å². The third-order valence-corrected chi connectivity index (χ3v) is 14.7. The molecule has 5 atom stereocenters. The molecule has 2 unspecified atom stereocenters. The van der Waals surface area contributed by atoms with Crippen LogP contribution in [0, 0.1) is 5.82 Å². The Hall–Kier alpha value is -0.743. The lowest BCUT2D eigenvalue weighted by Crippen LogP contribution is -2.47. The van der Waals surface area contributed by atoms with E-state index in [1.807, 2.05) is 18.8 Å². The summed E-state index contributed by atoms with van der Waals surface area (Å²) in [5.74, 6) is -1.83. The molecule has 0 saturated carbocycles. The van der Waals surface area contributed by atoms with E-state index < -0.39 is 61.7 Å². The van der Waals surface area contributed by atoms with Crippen molar-refractivity contribution in [1.82, 2.24) is 14.2 Å². The van der Waals surface area contributed by atoms with E-state index in [1.54, 1.807) is 0 Å². The van der Waals surface area contributed by atoms with Gasteiger partial charge in [-0.05, 0) is 58.3 Å². The van der Waals surface area contributed by atoms with E-state index in [2.05, 4.69) is 49.8 Å². The van der Waals surface area contributed by atoms with Gasteiger partial charge in [0, 0.05) is 17.3 Å². The Balaban J connectivity index is 1.93. The number of aromatic nitrogens is 2. The first-order valence-electron chi connectivity index (χ1n) is 13.6. The first-order chi connectivity index (χ1) is 18.5. The molecule has 1 aromatic heterocycles. The lowest BCUT2D eigenvalue weighted by molar-refractivity contribution is -0.139. The van der Waals surface area contributed by atoms with Crippen molar-refractivity contribution in [2.45, 2.75) is 113 Å². The highest BCUT2D eigenvalue weighted by atomic mass is 79.9. The fraction of sp³-hybridized carbons (Fsp3) is 0.840. The zero-order chi connectivity index (χ0) is 31.2. The Kier molecular flexibility index (Phi) is 10.5. The van der Waals surface area contributed by atoms with Gasteiger partial charge in [0.05, 0.1) is 31.1 Å². The average Bonchev–Trinajstić information content (AvgIpc) is 3.34. The molecule has 41 heavy (non-hydrogen) atoms. The SMILES string of the molecule is CN(CC(Br)(CCC1COC(C)(C)O1)C[C@H]1O[C@@H](n2cc(F)c(=O)[nH]c2=O)C[C@@H]1O[Si](C)(C)C(C)(C)C)P(=O)(O)O. The maximum Gasteiger partial charge on any atom is 0.402 e. The summed E-state index contributed by atoms with van der Waals surface area (Å²) in [6.07, 6.45) is 0.0316. The van der Waals surface area contributed by atoms with Gasteiger partial charge in [0.15, 0.2) is 14.1 Å². The fourth-order valence-corrected chi connectivity index (χ4v) is 7.77. The van der Waals surface area contributed by atoms with E-state index >= 15 is 0 Å². The lowest BCUT2D eigenvalue weighted by Gasteiger charge is -2.41. The standard InChI is InChI=1S/C25H44BrFN3O9PSi/c1-23(2,3)41(7,8)39-18-11-20(30-13-17(27)21(31)28-22(30)32)37-19(18)12-25(26,15-29(6)40(33,34)35)10-9-16-14-36-24(4,5)38-16/h13,16,18-20H,9-12,14-15H2,1-8H3,(H,28,31,32)(H2,33,34,35)/t16?,18-,19+,20+,25?/m0/s1. The third-order valence-electron chi connectivity index (χ3n) is 8.17. The van der Waals surface area contributed by atoms with Crippen LogP contribution in [0.2, 0.25) is 18.1 Å². The second kappa shape index (κ2) is 12.3. The van der Waals surface area contributed by atoms with Crippen molar-refractivity contribution in [2.75, 3.05) is 20.2 Å². The summed E-state index contributed by atoms with van der Waals surface area (Å²) in [5, 5.41) is -0.144. The van der Waals surface area contributed by atoms with Gasteiger partial charge >= 0.3 is 13.4 Å². The topological polar surface area (TPSA) is 153 Å². The van der Waals surface area contributed by atoms with Gasteiger partial charge in [-0.2, -0.15) is 4.39 Å². The minimum atomic E-state index is -4.55. The van der Waals surface area contributed by atoms with Crippen LogP contribution in [0.25, 0.3) is 0 Å². The van der Waals surface area contributed by atoms with E-state index in [4.69, 9.17) is 18.6 Å². The maximum atomic E-state index is 14.2. The van der Waals surface area contributed by atoms with Gasteiger partial charge in [0.25, 0.3) is 5.56 Å². The first-order valence-corrected chi connectivity index (χ1v) is 18.9.